The number of aromatic nitrogens is 2. The summed E-state index contributed by atoms with van der Waals surface area (Å²) in [6.07, 6.45) is 2.69. The number of carbonyl (C=O) groups excluding carboxylic acids is 2. The topological polar surface area (TPSA) is 652 Å². The van der Waals surface area contributed by atoms with Gasteiger partial charge in [0.25, 0.3) is 45.5 Å². The van der Waals surface area contributed by atoms with Crippen LogP contribution in [0.5, 0.6) is 11.5 Å². The minimum atomic E-state index is -1.71. The van der Waals surface area contributed by atoms with Crippen molar-refractivity contribution in [3.63, 3.8) is 0 Å². The average molecular weight is 1570 g/mol. The summed E-state index contributed by atoms with van der Waals surface area (Å²) in [7, 11) is 4.20. The third kappa shape index (κ3) is 19.5. The highest BCUT2D eigenvalue weighted by Crippen LogP contribution is 2.44. The highest BCUT2D eigenvalue weighted by molar-refractivity contribution is 5.99. The molecule has 6 N–H and O–H groups in total. The van der Waals surface area contributed by atoms with E-state index in [1.165, 1.54) is 22.2 Å². The number of pyridine rings is 2. The average Bonchev–Trinajstić information content (AvgIpc) is 0.735. The van der Waals surface area contributed by atoms with Gasteiger partial charge in [-0.2, -0.15) is 0 Å². The number of nitrogens with zero attached hydrogens (tertiary/aromatic N) is 12. The van der Waals surface area contributed by atoms with Crippen LogP contribution >= 0.6 is 0 Å². The fourth-order valence-electron chi connectivity index (χ4n) is 11.2. The second-order valence-electron chi connectivity index (χ2n) is 24.4. The first-order valence-electron chi connectivity index (χ1n) is 31.7. The lowest BCUT2D eigenvalue weighted by atomic mass is 10.1. The summed E-state index contributed by atoms with van der Waals surface area (Å²) in [5.74, 6) is -9.37. The lowest BCUT2D eigenvalue weighted by molar-refractivity contribution is -0.880. The molecular formula is C64H56F2N14O32. The Hall–Kier alpha value is -15.3. The lowest BCUT2D eigenvalue weighted by Gasteiger charge is -2.35. The standard InChI is InChI=1S/2C18H20FN3O4.4C7H4N2O6/c2*1-10-9-26-17-14-11(16(23)12(18(24)25)8-22(10)14)7-13(19)15(17)21-5-3-20(2)4-6-21;4*10-7(11)4-1-5(8(12)13)3-6(2-4)9(14)15/h2*7-8,10H,3-6,9H2,1-2H3,(H,24,25);4*1-3H,(H,10,11)/t2*10-;;;;/m00..../s1. The number of ether oxygens (including phenoxy) is 2. The van der Waals surface area contributed by atoms with Gasteiger partial charge in [0.2, 0.25) is 10.9 Å². The van der Waals surface area contributed by atoms with Crippen LogP contribution in [0.25, 0.3) is 21.8 Å². The van der Waals surface area contributed by atoms with Gasteiger partial charge < -0.3 is 78.4 Å². The van der Waals surface area contributed by atoms with Crippen LogP contribution < -0.4 is 50.1 Å². The second kappa shape index (κ2) is 35.0. The second-order valence-corrected chi connectivity index (χ2v) is 24.4. The Kier molecular flexibility index (Phi) is 26.2. The first-order chi connectivity index (χ1) is 52.4. The predicted molar refractivity (Wildman–Crippen MR) is 370 cm³/mol. The number of likely N-dealkylation sites (N-methyl/N-ethyl adjacent to an activating group) is 2. The summed E-state index contributed by atoms with van der Waals surface area (Å²) < 4.78 is 45.2. The molecule has 46 nitrogen and oxygen atoms in total. The minimum Gasteiger partial charge on any atom is -0.545 e. The normalized spacial score (nSPS) is 14.6. The Morgan fingerprint density at radius 2 is 0.634 bits per heavy atom. The number of anilines is 2. The molecule has 48 heteroatoms. The van der Waals surface area contributed by atoms with Gasteiger partial charge in [0.05, 0.1) is 187 Å². The molecule has 4 aliphatic rings. The van der Waals surface area contributed by atoms with Gasteiger partial charge in [-0.15, -0.1) is 0 Å². The van der Waals surface area contributed by atoms with E-state index in [-0.39, 0.29) is 34.0 Å². The molecule has 8 aromatic rings. The summed E-state index contributed by atoms with van der Waals surface area (Å²) in [4.78, 5) is 172. The number of quaternary nitrogens is 2. The fraction of sp³-hybridized carbons (Fsp3) is 0.250. The number of carboxylic acid groups (broad SMARTS) is 6. The van der Waals surface area contributed by atoms with E-state index >= 15 is 0 Å². The van der Waals surface area contributed by atoms with Crippen LogP contribution in [0.1, 0.15) is 88.1 Å². The number of piperazine rings is 2. The van der Waals surface area contributed by atoms with Crippen LogP contribution in [0.4, 0.5) is 65.7 Å². The molecule has 0 aliphatic carbocycles. The van der Waals surface area contributed by atoms with Gasteiger partial charge in [-0.25, -0.2) is 28.0 Å². The number of aromatic carboxylic acids is 6. The number of rotatable bonds is 16. The number of halogens is 2. The van der Waals surface area contributed by atoms with Crippen molar-refractivity contribution in [3.8, 4) is 11.5 Å². The number of nitro benzene ring substituents is 8. The van der Waals surface area contributed by atoms with Crippen molar-refractivity contribution >= 4 is 114 Å². The van der Waals surface area contributed by atoms with Crippen molar-refractivity contribution in [2.75, 3.05) is 89.5 Å². The molecule has 4 aliphatic heterocycles. The number of carboxylic acids is 6. The summed E-state index contributed by atoms with van der Waals surface area (Å²) >= 11 is 0. The number of benzene rings is 6. The molecule has 2 fully saturated rings. The molecule has 6 aromatic carbocycles. The van der Waals surface area contributed by atoms with E-state index in [4.69, 9.17) is 19.7 Å². The number of carbonyl (C=O) groups is 6. The van der Waals surface area contributed by atoms with Crippen molar-refractivity contribution < 1.29 is 127 Å². The van der Waals surface area contributed by atoms with E-state index in [1.54, 1.807) is 9.13 Å². The fourth-order valence-corrected chi connectivity index (χ4v) is 11.2. The maximum Gasteiger partial charge on any atom is 0.341 e. The first-order valence-corrected chi connectivity index (χ1v) is 31.7. The van der Waals surface area contributed by atoms with Gasteiger partial charge in [0, 0.05) is 72.1 Å². The van der Waals surface area contributed by atoms with Crippen LogP contribution in [0, 0.1) is 92.5 Å². The molecule has 0 amide bonds. The van der Waals surface area contributed by atoms with Crippen molar-refractivity contribution in [3.05, 3.63) is 244 Å². The Morgan fingerprint density at radius 3 is 0.839 bits per heavy atom. The zero-order valence-electron chi connectivity index (χ0n) is 57.8. The maximum absolute atomic E-state index is 15.0. The quantitative estimate of drug-likeness (QED) is 0.0597. The summed E-state index contributed by atoms with van der Waals surface area (Å²) in [6, 6.07) is 10.6. The van der Waals surface area contributed by atoms with E-state index in [1.807, 2.05) is 23.6 Å². The number of non-ortho nitro benzene ring substituents is 8. The summed E-state index contributed by atoms with van der Waals surface area (Å²) in [5.41, 5.74) is -7.72. The Labute approximate surface area is 619 Å². The number of hydrogen-bond acceptors (Lipinski definition) is 30. The van der Waals surface area contributed by atoms with Crippen molar-refractivity contribution in [2.45, 2.75) is 25.9 Å². The van der Waals surface area contributed by atoms with Gasteiger partial charge >= 0.3 is 23.9 Å². The molecule has 6 heterocycles. The number of nitrogens with one attached hydrogen (secondary N) is 2. The van der Waals surface area contributed by atoms with E-state index in [0.29, 0.717) is 122 Å². The number of hydrogen-bond donors (Lipinski definition) is 6. The zero-order chi connectivity index (χ0) is 83.5. The van der Waals surface area contributed by atoms with Gasteiger partial charge in [-0.3, -0.25) is 90.5 Å². The highest BCUT2D eigenvalue weighted by Gasteiger charge is 2.35. The summed E-state index contributed by atoms with van der Waals surface area (Å²) in [5, 5.41) is 139. The van der Waals surface area contributed by atoms with E-state index in [0.717, 1.165) is 62.6 Å². The predicted octanol–water partition coefficient (Wildman–Crippen LogP) is 2.39. The van der Waals surface area contributed by atoms with Gasteiger partial charge in [0.1, 0.15) is 35.7 Å². The van der Waals surface area contributed by atoms with E-state index in [2.05, 4.69) is 14.1 Å². The van der Waals surface area contributed by atoms with E-state index in [9.17, 15) is 148 Å². The van der Waals surface area contributed by atoms with Crippen molar-refractivity contribution in [1.29, 1.82) is 0 Å². The lowest BCUT2D eigenvalue weighted by Crippen LogP contribution is -3.12. The molecule has 0 spiro atoms. The van der Waals surface area contributed by atoms with Gasteiger partial charge in [0.15, 0.2) is 23.1 Å². The van der Waals surface area contributed by atoms with Gasteiger partial charge in [-0.05, 0) is 26.0 Å². The molecule has 0 bridgehead atoms. The molecular weight excluding hydrogens is 1510 g/mol. The van der Waals surface area contributed by atoms with Crippen LogP contribution in [0.2, 0.25) is 0 Å². The molecule has 12 rings (SSSR count). The van der Waals surface area contributed by atoms with Gasteiger partial charge in [-0.1, -0.05) is 0 Å². The largest absolute Gasteiger partial charge is 0.545 e. The molecule has 112 heavy (non-hydrogen) atoms. The Morgan fingerprint density at radius 1 is 0.402 bits per heavy atom. The summed E-state index contributed by atoms with van der Waals surface area (Å²) in [6.45, 7) is 10.6. The van der Waals surface area contributed by atoms with Crippen molar-refractivity contribution in [1.82, 2.24) is 9.13 Å². The monoisotopic (exact) mass is 1570 g/mol. The molecule has 2 saturated heterocycles. The molecule has 2 atom stereocenters. The molecule has 0 unspecified atom stereocenters. The van der Waals surface area contributed by atoms with Crippen molar-refractivity contribution in [2.24, 2.45) is 0 Å². The highest BCUT2D eigenvalue weighted by atomic mass is 19.1. The van der Waals surface area contributed by atoms with Crippen LogP contribution in [-0.2, 0) is 0 Å². The Balaban J connectivity index is 0.000000191. The molecule has 2 aromatic heterocycles. The van der Waals surface area contributed by atoms with Crippen LogP contribution in [-0.4, -0.2) is 184 Å². The van der Waals surface area contributed by atoms with E-state index < -0.39 is 165 Å². The third-order valence-corrected chi connectivity index (χ3v) is 16.9. The molecule has 0 saturated carbocycles. The molecule has 588 valence electrons. The Bertz CT molecular complexity index is 4590. The smallest absolute Gasteiger partial charge is 0.341 e. The van der Waals surface area contributed by atoms with Crippen LogP contribution in [0.15, 0.2) is 107 Å². The first kappa shape index (κ1) is 84.0. The minimum absolute atomic E-state index is 0.0486. The number of nitro groups is 8. The maximum atomic E-state index is 15.0. The third-order valence-electron chi connectivity index (χ3n) is 16.9. The molecule has 0 radical (unpaired) electrons. The zero-order valence-corrected chi connectivity index (χ0v) is 57.8. The SMILES string of the molecule is C[C@H]1COc2c(N3CC[NH+](C)CC3)c(F)cc3c(=O)c(C(=O)O)cn1c23.C[C@H]1COc2c(N3CC[NH+](C)CC3)c(F)cc3c(=O)c(C(=O)O)cn1c23.O=C(O)c1cc([N+](=O)[O-])cc([N+](=O)[O-])c1.O=C(O)c1cc([N+](=O)[O-])cc([N+](=O)[O-])c1.O=C([O-])c1cc([N+](=O)[O-])cc([N+](=O)[O-])c1.O=C([O-])c1cc([N+](=O)[O-])cc([N+](=O)[O-])c1. The van der Waals surface area contributed by atoms with Crippen LogP contribution in [0.3, 0.4) is 0 Å².